The molecule has 11 heteroatoms. The Bertz CT molecular complexity index is 1620. The van der Waals surface area contributed by atoms with Crippen molar-refractivity contribution in [1.29, 1.82) is 5.26 Å². The third kappa shape index (κ3) is 6.42. The Labute approximate surface area is 264 Å². The number of amides is 2. The van der Waals surface area contributed by atoms with E-state index in [9.17, 15) is 14.9 Å². The van der Waals surface area contributed by atoms with Gasteiger partial charge in [0.15, 0.2) is 0 Å². The number of carbonyl (C=O) groups excluding carboxylic acids is 2. The number of hydrogen-bond donors (Lipinski definition) is 1. The number of likely N-dealkylation sites (N-methyl/N-ethyl adjacent to an activating group) is 1. The van der Waals surface area contributed by atoms with Crippen molar-refractivity contribution < 1.29 is 14.3 Å². The lowest BCUT2D eigenvalue weighted by Gasteiger charge is -2.42. The molecule has 3 aliphatic heterocycles. The number of carbonyl (C=O) groups is 2. The van der Waals surface area contributed by atoms with Crippen molar-refractivity contribution in [2.45, 2.75) is 44.3 Å². The largest absolute Gasteiger partial charge is 0.462 e. The topological polar surface area (TPSA) is 118 Å². The number of aromatic nitrogens is 2. The summed E-state index contributed by atoms with van der Waals surface area (Å²) in [4.78, 5) is 43.0. The van der Waals surface area contributed by atoms with E-state index in [1.165, 1.54) is 22.5 Å². The summed E-state index contributed by atoms with van der Waals surface area (Å²) in [6, 6.07) is 17.2. The first-order valence-corrected chi connectivity index (χ1v) is 15.7. The molecule has 3 aromatic rings. The number of benzene rings is 2. The summed E-state index contributed by atoms with van der Waals surface area (Å²) in [6.07, 6.45) is 4.25. The number of anilines is 2. The van der Waals surface area contributed by atoms with Crippen molar-refractivity contribution >= 4 is 34.1 Å². The van der Waals surface area contributed by atoms with Gasteiger partial charge in [-0.15, -0.1) is 0 Å². The van der Waals surface area contributed by atoms with Crippen LogP contribution in [0.5, 0.6) is 6.01 Å². The molecule has 2 atom stereocenters. The monoisotopic (exact) mass is 608 g/mol. The van der Waals surface area contributed by atoms with E-state index in [-0.39, 0.29) is 30.3 Å². The van der Waals surface area contributed by atoms with E-state index >= 15 is 0 Å². The van der Waals surface area contributed by atoms with Crippen molar-refractivity contribution in [1.82, 2.24) is 25.1 Å². The van der Waals surface area contributed by atoms with Crippen molar-refractivity contribution in [2.24, 2.45) is 0 Å². The molecule has 1 N–H and O–H groups in total. The second-order valence-electron chi connectivity index (χ2n) is 11.9. The smallest absolute Gasteiger partial charge is 0.318 e. The molecule has 6 rings (SSSR count). The molecule has 11 nitrogen and oxygen atoms in total. The van der Waals surface area contributed by atoms with Crippen molar-refractivity contribution in [2.75, 3.05) is 62.7 Å². The third-order valence-corrected chi connectivity index (χ3v) is 9.23. The fourth-order valence-electron chi connectivity index (χ4n) is 6.87. The molecule has 0 aliphatic carbocycles. The highest BCUT2D eigenvalue weighted by molar-refractivity contribution is 5.94. The Balaban J connectivity index is 1.30. The number of nitrogens with one attached hydrogen (secondary N) is 1. The number of ether oxygens (including phenoxy) is 1. The average molecular weight is 609 g/mol. The molecule has 0 saturated carbocycles. The fraction of sp³-hybridized carbons (Fsp3) is 0.441. The van der Waals surface area contributed by atoms with Crippen molar-refractivity contribution in [3.63, 3.8) is 0 Å². The highest BCUT2D eigenvalue weighted by Gasteiger charge is 2.34. The minimum absolute atomic E-state index is 0.0104. The van der Waals surface area contributed by atoms with Crippen LogP contribution in [-0.4, -0.2) is 96.6 Å². The van der Waals surface area contributed by atoms with Crippen LogP contribution in [0.2, 0.25) is 0 Å². The first-order chi connectivity index (χ1) is 22.0. The van der Waals surface area contributed by atoms with E-state index in [1.807, 2.05) is 0 Å². The summed E-state index contributed by atoms with van der Waals surface area (Å²) >= 11 is 0. The quantitative estimate of drug-likeness (QED) is 0.366. The van der Waals surface area contributed by atoms with E-state index < -0.39 is 0 Å². The predicted octanol–water partition coefficient (Wildman–Crippen LogP) is 2.90. The Morgan fingerprint density at radius 3 is 2.76 bits per heavy atom. The molecule has 2 fully saturated rings. The molecule has 0 radical (unpaired) electrons. The molecule has 3 aliphatic rings. The summed E-state index contributed by atoms with van der Waals surface area (Å²) in [5, 5.41) is 14.7. The van der Waals surface area contributed by atoms with Crippen LogP contribution in [0.1, 0.15) is 30.5 Å². The van der Waals surface area contributed by atoms with Crippen LogP contribution in [0, 0.1) is 11.3 Å². The standard InChI is InChI=1S/C34H40N8O3/c1-3-32(44)42-19-18-41(20-25(42)13-15-35)33-28-14-17-40(30-12-6-9-24-8-4-5-11-27(24)30)21-29(28)37-34(38-33)45-23-26-10-7-16-39(26)22-31(43)36-2/h3-6,8-9,11-12,25-26H,1,7,10,13-14,16-23H2,2H3,(H,36,43)/t25?,26-/m0/s1. The van der Waals surface area contributed by atoms with Crippen molar-refractivity contribution in [3.8, 4) is 12.1 Å². The van der Waals surface area contributed by atoms with E-state index in [2.05, 4.69) is 75.1 Å². The zero-order chi connectivity index (χ0) is 31.3. The Kier molecular flexibility index (Phi) is 9.12. The maximum atomic E-state index is 12.6. The molecule has 2 aromatic carbocycles. The van der Waals surface area contributed by atoms with Crippen LogP contribution in [0.4, 0.5) is 11.5 Å². The molecule has 1 aromatic heterocycles. The lowest BCUT2D eigenvalue weighted by molar-refractivity contribution is -0.128. The van der Waals surface area contributed by atoms with Gasteiger partial charge in [-0.2, -0.15) is 15.2 Å². The number of nitriles is 1. The van der Waals surface area contributed by atoms with Crippen LogP contribution in [0.15, 0.2) is 55.1 Å². The highest BCUT2D eigenvalue weighted by atomic mass is 16.5. The molecule has 234 valence electrons. The number of piperazine rings is 1. The number of fused-ring (bicyclic) bond motifs is 2. The fourth-order valence-corrected chi connectivity index (χ4v) is 6.87. The van der Waals surface area contributed by atoms with Gasteiger partial charge in [-0.05, 0) is 43.3 Å². The first kappa shape index (κ1) is 30.3. The normalized spacial score (nSPS) is 20.0. The molecule has 2 saturated heterocycles. The summed E-state index contributed by atoms with van der Waals surface area (Å²) < 4.78 is 6.32. The van der Waals surface area contributed by atoms with Crippen LogP contribution < -0.4 is 19.9 Å². The first-order valence-electron chi connectivity index (χ1n) is 15.7. The Hall–Kier alpha value is -4.69. The van der Waals surface area contributed by atoms with Gasteiger partial charge in [0.25, 0.3) is 0 Å². The summed E-state index contributed by atoms with van der Waals surface area (Å²) in [6.45, 7) is 8.21. The lowest BCUT2D eigenvalue weighted by Crippen LogP contribution is -2.55. The van der Waals surface area contributed by atoms with Gasteiger partial charge in [-0.3, -0.25) is 14.5 Å². The molecule has 45 heavy (non-hydrogen) atoms. The lowest BCUT2D eigenvalue weighted by atomic mass is 10.0. The van der Waals surface area contributed by atoms with Crippen LogP contribution >= 0.6 is 0 Å². The van der Waals surface area contributed by atoms with Crippen LogP contribution in [0.3, 0.4) is 0 Å². The van der Waals surface area contributed by atoms with Gasteiger partial charge < -0.3 is 24.8 Å². The van der Waals surface area contributed by atoms with E-state index in [0.717, 1.165) is 49.4 Å². The molecular formula is C34H40N8O3. The maximum absolute atomic E-state index is 12.6. The van der Waals surface area contributed by atoms with Gasteiger partial charge in [0, 0.05) is 55.9 Å². The zero-order valence-corrected chi connectivity index (χ0v) is 25.8. The molecule has 4 heterocycles. The number of likely N-dealkylation sites (tertiary alicyclic amines) is 1. The van der Waals surface area contributed by atoms with Gasteiger partial charge in [-0.1, -0.05) is 43.0 Å². The minimum atomic E-state index is -0.267. The molecule has 0 bridgehead atoms. The second kappa shape index (κ2) is 13.5. The SMILES string of the molecule is C=CC(=O)N1CCN(c2nc(OC[C@@H]3CCCN3CC(=O)NC)nc3c2CCN(c2cccc4ccccc24)C3)CC1CC#N. The minimum Gasteiger partial charge on any atom is -0.462 e. The molecule has 0 spiro atoms. The van der Waals surface area contributed by atoms with Gasteiger partial charge in [0.05, 0.1) is 37.3 Å². The van der Waals surface area contributed by atoms with E-state index in [1.54, 1.807) is 11.9 Å². The van der Waals surface area contributed by atoms with Gasteiger partial charge in [-0.25, -0.2) is 0 Å². The molecule has 2 amide bonds. The highest BCUT2D eigenvalue weighted by Crippen LogP contribution is 2.35. The Morgan fingerprint density at radius 1 is 1.09 bits per heavy atom. The summed E-state index contributed by atoms with van der Waals surface area (Å²) in [7, 11) is 1.65. The number of nitrogens with zero attached hydrogens (tertiary/aromatic N) is 7. The molecule has 1 unspecified atom stereocenters. The van der Waals surface area contributed by atoms with Gasteiger partial charge >= 0.3 is 6.01 Å². The van der Waals surface area contributed by atoms with Gasteiger partial charge in [0.1, 0.15) is 12.4 Å². The van der Waals surface area contributed by atoms with Crippen LogP contribution in [0.25, 0.3) is 10.8 Å². The van der Waals surface area contributed by atoms with Crippen LogP contribution in [-0.2, 0) is 22.6 Å². The summed E-state index contributed by atoms with van der Waals surface area (Å²) in [5.74, 6) is 0.644. The number of hydrogen-bond acceptors (Lipinski definition) is 9. The van der Waals surface area contributed by atoms with Crippen molar-refractivity contribution in [3.05, 3.63) is 66.4 Å². The third-order valence-electron chi connectivity index (χ3n) is 9.23. The maximum Gasteiger partial charge on any atom is 0.318 e. The number of rotatable bonds is 9. The average Bonchev–Trinajstić information content (AvgIpc) is 3.52. The van der Waals surface area contributed by atoms with E-state index in [4.69, 9.17) is 14.7 Å². The zero-order valence-electron chi connectivity index (χ0n) is 25.8. The van der Waals surface area contributed by atoms with E-state index in [0.29, 0.717) is 45.3 Å². The predicted molar refractivity (Wildman–Crippen MR) is 173 cm³/mol. The second-order valence-corrected chi connectivity index (χ2v) is 11.9. The summed E-state index contributed by atoms with van der Waals surface area (Å²) in [5.41, 5.74) is 3.17. The Morgan fingerprint density at radius 2 is 1.93 bits per heavy atom. The molecular weight excluding hydrogens is 568 g/mol. The van der Waals surface area contributed by atoms with Gasteiger partial charge in [0.2, 0.25) is 11.8 Å².